The topological polar surface area (TPSA) is 92.6 Å². The normalized spacial score (nSPS) is 11.6. The first kappa shape index (κ1) is 26.4. The molecule has 8 heteroatoms. The van der Waals surface area contributed by atoms with Crippen molar-refractivity contribution in [3.63, 3.8) is 0 Å². The van der Waals surface area contributed by atoms with E-state index in [4.69, 9.17) is 0 Å². The maximum absolute atomic E-state index is 13.3. The third kappa shape index (κ3) is 8.20. The summed E-state index contributed by atoms with van der Waals surface area (Å²) in [6.07, 6.45) is 2.42. The summed E-state index contributed by atoms with van der Waals surface area (Å²) in [5.41, 5.74) is 3.05. The Labute approximate surface area is 200 Å². The summed E-state index contributed by atoms with van der Waals surface area (Å²) >= 11 is 1.44. The third-order valence-corrected chi connectivity index (χ3v) is 6.45. The molecule has 178 valence electrons. The third-order valence-electron chi connectivity index (χ3n) is 5.46. The van der Waals surface area contributed by atoms with E-state index in [9.17, 15) is 19.7 Å². The molecule has 0 fully saturated rings. The second-order valence-electron chi connectivity index (χ2n) is 7.93. The Kier molecular flexibility index (Phi) is 10.9. The number of nitrogens with zero attached hydrogens (tertiary/aromatic N) is 2. The van der Waals surface area contributed by atoms with Crippen molar-refractivity contribution in [2.75, 3.05) is 12.3 Å². The number of benzene rings is 2. The van der Waals surface area contributed by atoms with Crippen LogP contribution in [-0.2, 0) is 21.9 Å². The molecule has 0 aromatic heterocycles. The van der Waals surface area contributed by atoms with Gasteiger partial charge in [-0.3, -0.25) is 19.7 Å². The van der Waals surface area contributed by atoms with Crippen molar-refractivity contribution < 1.29 is 14.5 Å². The van der Waals surface area contributed by atoms with Crippen LogP contribution in [0.25, 0.3) is 0 Å². The number of nitro groups is 1. The van der Waals surface area contributed by atoms with Crippen LogP contribution in [0.15, 0.2) is 48.5 Å². The van der Waals surface area contributed by atoms with Gasteiger partial charge in [-0.05, 0) is 36.5 Å². The van der Waals surface area contributed by atoms with Gasteiger partial charge in [0.1, 0.15) is 6.04 Å². The number of hydrogen-bond donors (Lipinski definition) is 1. The lowest BCUT2D eigenvalue weighted by molar-refractivity contribution is -0.384. The summed E-state index contributed by atoms with van der Waals surface area (Å²) in [4.78, 5) is 38.2. The average molecular weight is 472 g/mol. The van der Waals surface area contributed by atoms with E-state index in [1.165, 1.54) is 23.9 Å². The van der Waals surface area contributed by atoms with Crippen LogP contribution in [0.1, 0.15) is 49.8 Å². The van der Waals surface area contributed by atoms with E-state index in [0.717, 1.165) is 29.5 Å². The summed E-state index contributed by atoms with van der Waals surface area (Å²) < 4.78 is 0. The number of non-ortho nitro benzene ring substituents is 1. The van der Waals surface area contributed by atoms with Gasteiger partial charge < -0.3 is 10.2 Å². The number of aryl methyl sites for hydroxylation is 1. The molecule has 0 spiro atoms. The minimum absolute atomic E-state index is 0.0455. The van der Waals surface area contributed by atoms with Crippen LogP contribution in [-0.4, -0.2) is 40.0 Å². The molecule has 0 aliphatic heterocycles. The van der Waals surface area contributed by atoms with E-state index < -0.39 is 11.0 Å². The van der Waals surface area contributed by atoms with Gasteiger partial charge in [0.2, 0.25) is 11.8 Å². The fraction of sp³-hybridized carbons (Fsp3) is 0.440. The Bertz CT molecular complexity index is 934. The summed E-state index contributed by atoms with van der Waals surface area (Å²) in [5, 5.41) is 13.8. The zero-order valence-electron chi connectivity index (χ0n) is 19.6. The van der Waals surface area contributed by atoms with Gasteiger partial charge in [0.05, 0.1) is 10.7 Å². The number of thioether (sulfide) groups is 1. The molecule has 2 amide bonds. The van der Waals surface area contributed by atoms with Crippen LogP contribution in [0, 0.1) is 17.0 Å². The summed E-state index contributed by atoms with van der Waals surface area (Å²) in [7, 11) is 0. The minimum Gasteiger partial charge on any atom is -0.354 e. The van der Waals surface area contributed by atoms with Gasteiger partial charge in [-0.2, -0.15) is 0 Å². The lowest BCUT2D eigenvalue weighted by Crippen LogP contribution is -2.49. The number of amides is 2. The molecule has 2 aromatic carbocycles. The molecule has 2 rings (SSSR count). The van der Waals surface area contributed by atoms with Crippen molar-refractivity contribution >= 4 is 29.3 Å². The van der Waals surface area contributed by atoms with Crippen molar-refractivity contribution in [1.29, 1.82) is 0 Å². The lowest BCUT2D eigenvalue weighted by atomic mass is 10.1. The zero-order chi connectivity index (χ0) is 24.2. The Hall–Kier alpha value is -2.87. The van der Waals surface area contributed by atoms with Crippen molar-refractivity contribution in [3.05, 3.63) is 75.3 Å². The minimum atomic E-state index is -0.533. The first-order valence-electron chi connectivity index (χ1n) is 11.3. The number of nitro benzene ring substituents is 1. The SMILES string of the molecule is CCCCNC(=O)[C@H](CC)N(Cc1ccccc1C)C(=O)CSCc1ccc([N+](=O)[O-])cc1. The molecule has 2 aromatic rings. The molecule has 0 saturated heterocycles. The maximum atomic E-state index is 13.3. The molecule has 1 N–H and O–H groups in total. The van der Waals surface area contributed by atoms with Gasteiger partial charge in [0.15, 0.2) is 0 Å². The molecule has 33 heavy (non-hydrogen) atoms. The van der Waals surface area contributed by atoms with Gasteiger partial charge in [-0.25, -0.2) is 0 Å². The number of carbonyl (C=O) groups excluding carboxylic acids is 2. The van der Waals surface area contributed by atoms with Crippen molar-refractivity contribution in [3.8, 4) is 0 Å². The van der Waals surface area contributed by atoms with Crippen LogP contribution in [0.4, 0.5) is 5.69 Å². The van der Waals surface area contributed by atoms with Crippen molar-refractivity contribution in [2.24, 2.45) is 0 Å². The Morgan fingerprint density at radius 2 is 1.82 bits per heavy atom. The van der Waals surface area contributed by atoms with Crippen LogP contribution < -0.4 is 5.32 Å². The van der Waals surface area contributed by atoms with E-state index in [-0.39, 0.29) is 23.3 Å². The van der Waals surface area contributed by atoms with E-state index in [2.05, 4.69) is 12.2 Å². The molecule has 0 aliphatic carbocycles. The fourth-order valence-electron chi connectivity index (χ4n) is 3.45. The summed E-state index contributed by atoms with van der Waals surface area (Å²) in [6, 6.07) is 13.7. The first-order chi connectivity index (χ1) is 15.9. The van der Waals surface area contributed by atoms with Gasteiger partial charge in [-0.15, -0.1) is 11.8 Å². The Morgan fingerprint density at radius 3 is 2.42 bits per heavy atom. The highest BCUT2D eigenvalue weighted by atomic mass is 32.2. The smallest absolute Gasteiger partial charge is 0.269 e. The van der Waals surface area contributed by atoms with Crippen LogP contribution in [0.5, 0.6) is 0 Å². The second kappa shape index (κ2) is 13.6. The zero-order valence-corrected chi connectivity index (χ0v) is 20.4. The van der Waals surface area contributed by atoms with Gasteiger partial charge in [-0.1, -0.05) is 56.7 Å². The Morgan fingerprint density at radius 1 is 1.12 bits per heavy atom. The van der Waals surface area contributed by atoms with E-state index in [1.807, 2.05) is 38.1 Å². The number of carbonyl (C=O) groups is 2. The number of unbranched alkanes of at least 4 members (excludes halogenated alkanes) is 1. The molecule has 0 saturated carbocycles. The molecule has 0 aliphatic rings. The van der Waals surface area contributed by atoms with E-state index in [0.29, 0.717) is 25.3 Å². The predicted octanol–water partition coefficient (Wildman–Crippen LogP) is 4.86. The molecule has 1 atom stereocenters. The highest BCUT2D eigenvalue weighted by Crippen LogP contribution is 2.20. The molecular formula is C25H33N3O4S. The molecule has 0 bridgehead atoms. The first-order valence-corrected chi connectivity index (χ1v) is 12.5. The molecule has 0 radical (unpaired) electrons. The van der Waals surface area contributed by atoms with Crippen LogP contribution in [0.3, 0.4) is 0 Å². The largest absolute Gasteiger partial charge is 0.354 e. The molecular weight excluding hydrogens is 438 g/mol. The standard InChI is InChI=1S/C25H33N3O4S/c1-4-6-15-26-25(30)23(5-2)27(16-21-10-8-7-9-19(21)3)24(29)18-33-17-20-11-13-22(14-12-20)28(31)32/h7-14,23H,4-6,15-18H2,1-3H3,(H,26,30)/t23-/m0/s1. The van der Waals surface area contributed by atoms with Crippen molar-refractivity contribution in [1.82, 2.24) is 10.2 Å². The van der Waals surface area contributed by atoms with E-state index in [1.54, 1.807) is 17.0 Å². The van der Waals surface area contributed by atoms with Crippen molar-refractivity contribution in [2.45, 2.75) is 58.4 Å². The molecule has 0 heterocycles. The Balaban J connectivity index is 2.10. The second-order valence-corrected chi connectivity index (χ2v) is 8.92. The van der Waals surface area contributed by atoms with Gasteiger partial charge in [0, 0.05) is 31.0 Å². The number of hydrogen-bond acceptors (Lipinski definition) is 5. The van der Waals surface area contributed by atoms with Gasteiger partial charge in [0.25, 0.3) is 5.69 Å². The molecule has 7 nitrogen and oxygen atoms in total. The predicted molar refractivity (Wildman–Crippen MR) is 133 cm³/mol. The summed E-state index contributed by atoms with van der Waals surface area (Å²) in [5.74, 6) is 0.569. The lowest BCUT2D eigenvalue weighted by Gasteiger charge is -2.31. The van der Waals surface area contributed by atoms with E-state index >= 15 is 0 Å². The monoisotopic (exact) mass is 471 g/mol. The van der Waals surface area contributed by atoms with Crippen LogP contribution in [0.2, 0.25) is 0 Å². The average Bonchev–Trinajstić information content (AvgIpc) is 2.80. The molecule has 0 unspecified atom stereocenters. The number of nitrogens with one attached hydrogen (secondary N) is 1. The fourth-order valence-corrected chi connectivity index (χ4v) is 4.32. The quantitative estimate of drug-likeness (QED) is 0.256. The maximum Gasteiger partial charge on any atom is 0.269 e. The van der Waals surface area contributed by atoms with Gasteiger partial charge >= 0.3 is 0 Å². The number of rotatable bonds is 13. The highest BCUT2D eigenvalue weighted by molar-refractivity contribution is 7.99. The highest BCUT2D eigenvalue weighted by Gasteiger charge is 2.28. The van der Waals surface area contributed by atoms with Crippen LogP contribution >= 0.6 is 11.8 Å². The summed E-state index contributed by atoms with van der Waals surface area (Å²) in [6.45, 7) is 6.98.